The van der Waals surface area contributed by atoms with Crippen LogP contribution in [0.5, 0.6) is 0 Å². The molecular weight excluding hydrogens is 390 g/mol. The highest BCUT2D eigenvalue weighted by atomic mass is 16.2. The van der Waals surface area contributed by atoms with Gasteiger partial charge < -0.3 is 4.90 Å². The molecule has 2 heteroatoms. The molecule has 0 radical (unpaired) electrons. The lowest BCUT2D eigenvalue weighted by Crippen LogP contribution is -2.32. The van der Waals surface area contributed by atoms with Gasteiger partial charge in [-0.1, -0.05) is 149 Å². The molecule has 192 valence electrons. The summed E-state index contributed by atoms with van der Waals surface area (Å²) in [6.07, 6.45) is 32.0. The van der Waals surface area contributed by atoms with Crippen molar-refractivity contribution in [3.63, 3.8) is 0 Å². The van der Waals surface area contributed by atoms with Crippen molar-refractivity contribution in [1.29, 1.82) is 0 Å². The summed E-state index contributed by atoms with van der Waals surface area (Å²) < 4.78 is 0. The first kappa shape index (κ1) is 31.5. The zero-order valence-corrected chi connectivity index (χ0v) is 22.7. The Morgan fingerprint density at radius 2 is 0.750 bits per heavy atom. The van der Waals surface area contributed by atoms with Crippen molar-refractivity contribution < 1.29 is 4.79 Å². The number of nitrogens with zero attached hydrogens (tertiary/aromatic N) is 1. The van der Waals surface area contributed by atoms with Crippen LogP contribution in [0.4, 0.5) is 0 Å². The van der Waals surface area contributed by atoms with Crippen molar-refractivity contribution in [2.75, 3.05) is 13.1 Å². The van der Waals surface area contributed by atoms with Crippen LogP contribution in [0.15, 0.2) is 0 Å². The maximum Gasteiger partial charge on any atom is 0.222 e. The quantitative estimate of drug-likeness (QED) is 0.120. The molecule has 0 N–H and O–H groups in total. The molecule has 0 aliphatic rings. The molecule has 0 aliphatic carbocycles. The van der Waals surface area contributed by atoms with Gasteiger partial charge in [-0.15, -0.1) is 0 Å². The third-order valence-electron chi connectivity index (χ3n) is 6.87. The van der Waals surface area contributed by atoms with E-state index in [1.807, 2.05) is 0 Å². The van der Waals surface area contributed by atoms with E-state index < -0.39 is 0 Å². The molecular formula is C30H61NO. The predicted molar refractivity (Wildman–Crippen MR) is 144 cm³/mol. The van der Waals surface area contributed by atoms with E-state index in [0.29, 0.717) is 5.91 Å². The largest absolute Gasteiger partial charge is 0.343 e. The molecule has 0 aliphatic heterocycles. The summed E-state index contributed by atoms with van der Waals surface area (Å²) in [6.45, 7) is 8.65. The van der Waals surface area contributed by atoms with Gasteiger partial charge in [-0.25, -0.2) is 0 Å². The average Bonchev–Trinajstić information content (AvgIpc) is 2.80. The van der Waals surface area contributed by atoms with Gasteiger partial charge in [-0.3, -0.25) is 4.79 Å². The van der Waals surface area contributed by atoms with E-state index in [9.17, 15) is 4.79 Å². The van der Waals surface area contributed by atoms with Crippen molar-refractivity contribution in [3.05, 3.63) is 0 Å². The molecule has 0 saturated carbocycles. The standard InChI is InChI=1S/C30H61NO/c1-4-7-9-11-12-13-14-15-16-17-18-19-20-21-22-23-24-25-27-30(32)31(28-6-3)29-26-10-8-5-2/h4-29H2,1-3H3. The van der Waals surface area contributed by atoms with Crippen molar-refractivity contribution in [3.8, 4) is 0 Å². The Morgan fingerprint density at radius 3 is 1.12 bits per heavy atom. The van der Waals surface area contributed by atoms with Gasteiger partial charge in [0, 0.05) is 19.5 Å². The number of rotatable bonds is 26. The first-order valence-corrected chi connectivity index (χ1v) is 15.0. The molecule has 0 rings (SSSR count). The molecule has 0 aromatic rings. The smallest absolute Gasteiger partial charge is 0.222 e. The van der Waals surface area contributed by atoms with Crippen LogP contribution in [0.2, 0.25) is 0 Å². The molecule has 2 nitrogen and oxygen atoms in total. The summed E-state index contributed by atoms with van der Waals surface area (Å²) in [5.41, 5.74) is 0. The summed E-state index contributed by atoms with van der Waals surface area (Å²) >= 11 is 0. The molecule has 0 atom stereocenters. The fraction of sp³-hybridized carbons (Fsp3) is 0.967. The predicted octanol–water partition coefficient (Wildman–Crippen LogP) is 10.2. The van der Waals surface area contributed by atoms with Crippen LogP contribution in [0.1, 0.15) is 175 Å². The van der Waals surface area contributed by atoms with Gasteiger partial charge in [0.2, 0.25) is 5.91 Å². The normalized spacial score (nSPS) is 11.2. The monoisotopic (exact) mass is 451 g/mol. The molecule has 0 bridgehead atoms. The Labute approximate surface area is 203 Å². The van der Waals surface area contributed by atoms with E-state index in [1.165, 1.54) is 135 Å². The minimum Gasteiger partial charge on any atom is -0.343 e. The highest BCUT2D eigenvalue weighted by Crippen LogP contribution is 2.15. The maximum atomic E-state index is 12.5. The van der Waals surface area contributed by atoms with Gasteiger partial charge in [-0.2, -0.15) is 0 Å². The highest BCUT2D eigenvalue weighted by molar-refractivity contribution is 5.76. The summed E-state index contributed by atoms with van der Waals surface area (Å²) in [6, 6.07) is 0. The van der Waals surface area contributed by atoms with Crippen LogP contribution in [0, 0.1) is 0 Å². The van der Waals surface area contributed by atoms with Crippen LogP contribution in [0.3, 0.4) is 0 Å². The Hall–Kier alpha value is -0.530. The van der Waals surface area contributed by atoms with E-state index in [-0.39, 0.29) is 0 Å². The van der Waals surface area contributed by atoms with E-state index in [0.717, 1.165) is 32.4 Å². The molecule has 32 heavy (non-hydrogen) atoms. The van der Waals surface area contributed by atoms with Crippen LogP contribution >= 0.6 is 0 Å². The Bertz CT molecular complexity index is 368. The first-order chi connectivity index (χ1) is 15.8. The van der Waals surface area contributed by atoms with Gasteiger partial charge in [0.1, 0.15) is 0 Å². The van der Waals surface area contributed by atoms with Gasteiger partial charge in [0.15, 0.2) is 0 Å². The fourth-order valence-corrected chi connectivity index (χ4v) is 4.70. The Kier molecular flexibility index (Phi) is 26.3. The molecule has 0 spiro atoms. The van der Waals surface area contributed by atoms with Gasteiger partial charge in [0.05, 0.1) is 0 Å². The summed E-state index contributed by atoms with van der Waals surface area (Å²) in [5, 5.41) is 0. The average molecular weight is 452 g/mol. The van der Waals surface area contributed by atoms with E-state index in [1.54, 1.807) is 0 Å². The number of hydrogen-bond donors (Lipinski definition) is 0. The summed E-state index contributed by atoms with van der Waals surface area (Å²) in [5.74, 6) is 0.403. The third kappa shape index (κ3) is 22.7. The molecule has 0 saturated heterocycles. The molecule has 0 unspecified atom stereocenters. The lowest BCUT2D eigenvalue weighted by atomic mass is 10.0. The van der Waals surface area contributed by atoms with Gasteiger partial charge >= 0.3 is 0 Å². The third-order valence-corrected chi connectivity index (χ3v) is 6.87. The van der Waals surface area contributed by atoms with Crippen LogP contribution in [-0.4, -0.2) is 23.9 Å². The fourth-order valence-electron chi connectivity index (χ4n) is 4.70. The molecule has 0 aromatic heterocycles. The SMILES string of the molecule is CCCCCCCCCCCCCCCCCCCCC(=O)N(CCC)CCCCCC. The lowest BCUT2D eigenvalue weighted by molar-refractivity contribution is -0.131. The Balaban J connectivity index is 3.37. The summed E-state index contributed by atoms with van der Waals surface area (Å²) in [7, 11) is 0. The van der Waals surface area contributed by atoms with E-state index >= 15 is 0 Å². The Morgan fingerprint density at radius 1 is 0.406 bits per heavy atom. The van der Waals surface area contributed by atoms with Crippen molar-refractivity contribution in [2.45, 2.75) is 175 Å². The summed E-state index contributed by atoms with van der Waals surface area (Å²) in [4.78, 5) is 14.6. The first-order valence-electron chi connectivity index (χ1n) is 15.0. The topological polar surface area (TPSA) is 20.3 Å². The zero-order valence-electron chi connectivity index (χ0n) is 22.7. The van der Waals surface area contributed by atoms with Crippen molar-refractivity contribution in [2.24, 2.45) is 0 Å². The van der Waals surface area contributed by atoms with E-state index in [4.69, 9.17) is 0 Å². The van der Waals surface area contributed by atoms with Crippen LogP contribution in [-0.2, 0) is 4.79 Å². The van der Waals surface area contributed by atoms with Crippen molar-refractivity contribution in [1.82, 2.24) is 4.90 Å². The number of unbranched alkanes of at least 4 members (excludes halogenated alkanes) is 20. The highest BCUT2D eigenvalue weighted by Gasteiger charge is 2.11. The number of amides is 1. The minimum atomic E-state index is 0.403. The zero-order chi connectivity index (χ0) is 23.5. The molecule has 0 fully saturated rings. The lowest BCUT2D eigenvalue weighted by Gasteiger charge is -2.22. The number of hydrogen-bond acceptors (Lipinski definition) is 1. The van der Waals surface area contributed by atoms with E-state index in [2.05, 4.69) is 25.7 Å². The van der Waals surface area contributed by atoms with Gasteiger partial charge in [0.25, 0.3) is 0 Å². The molecule has 0 heterocycles. The van der Waals surface area contributed by atoms with Crippen molar-refractivity contribution >= 4 is 5.91 Å². The van der Waals surface area contributed by atoms with Gasteiger partial charge in [-0.05, 0) is 19.3 Å². The molecule has 0 aromatic carbocycles. The minimum absolute atomic E-state index is 0.403. The number of carbonyl (C=O) groups excluding carboxylic acids is 1. The second-order valence-electron chi connectivity index (χ2n) is 10.2. The molecule has 1 amide bonds. The second kappa shape index (κ2) is 26.7. The van der Waals surface area contributed by atoms with Crippen LogP contribution in [0.25, 0.3) is 0 Å². The number of carbonyl (C=O) groups is 1. The second-order valence-corrected chi connectivity index (χ2v) is 10.2. The maximum absolute atomic E-state index is 12.5. The van der Waals surface area contributed by atoms with Crippen LogP contribution < -0.4 is 0 Å².